The maximum Gasteiger partial charge on any atom is 0.261 e. The van der Waals surface area contributed by atoms with Gasteiger partial charge in [-0.1, -0.05) is 144 Å². The first-order valence-corrected chi connectivity index (χ1v) is 20.4. The maximum atomic E-state index is 7.24. The Morgan fingerprint density at radius 1 is 0.795 bits per heavy atom. The Morgan fingerprint density at radius 2 is 1.33 bits per heavy atom. The lowest BCUT2D eigenvalue weighted by Crippen LogP contribution is -2.66. The van der Waals surface area contributed by atoms with Gasteiger partial charge in [-0.2, -0.15) is 0 Å². The van der Waals surface area contributed by atoms with E-state index < -0.39 is 16.4 Å². The Labute approximate surface area is 239 Å². The zero-order chi connectivity index (χ0) is 27.9. The lowest BCUT2D eigenvalue weighted by atomic mass is 9.91. The van der Waals surface area contributed by atoms with Crippen LogP contribution >= 0.6 is 0 Å². The van der Waals surface area contributed by atoms with E-state index in [1.54, 1.807) is 0 Å². The van der Waals surface area contributed by atoms with Gasteiger partial charge in [0.15, 0.2) is 12.2 Å². The predicted molar refractivity (Wildman–Crippen MR) is 174 cm³/mol. The molecule has 0 aromatic heterocycles. The Balaban J connectivity index is 1.54. The van der Waals surface area contributed by atoms with Crippen molar-refractivity contribution >= 4 is 32.8 Å². The lowest BCUT2D eigenvalue weighted by Gasteiger charge is -2.43. The van der Waals surface area contributed by atoms with Crippen LogP contribution in [0.2, 0.25) is 30.7 Å². The number of aliphatic hydroxyl groups is 2. The van der Waals surface area contributed by atoms with E-state index in [2.05, 4.69) is 144 Å². The largest absolute Gasteiger partial charge is 0.426 e. The van der Waals surface area contributed by atoms with Crippen LogP contribution in [0.15, 0.2) is 97.1 Å². The van der Waals surface area contributed by atoms with Crippen LogP contribution in [-0.4, -0.2) is 39.9 Å². The molecule has 4 rings (SSSR count). The number of hydrogen-bond donors (Lipinski definition) is 0. The van der Waals surface area contributed by atoms with E-state index in [4.69, 9.17) is 9.16 Å². The molecule has 2 unspecified atom stereocenters. The highest BCUT2D eigenvalue weighted by atomic mass is 28.4. The van der Waals surface area contributed by atoms with Crippen molar-refractivity contribution in [2.45, 2.75) is 83.0 Å². The monoisotopic (exact) mass is 557 g/mol. The zero-order valence-electron chi connectivity index (χ0n) is 24.9. The molecule has 0 radical (unpaired) electrons. The van der Waals surface area contributed by atoms with Gasteiger partial charge >= 0.3 is 0 Å². The summed E-state index contributed by atoms with van der Waals surface area (Å²) >= 11 is 0. The van der Waals surface area contributed by atoms with Crippen molar-refractivity contribution in [3.05, 3.63) is 103 Å². The maximum absolute atomic E-state index is 7.24. The van der Waals surface area contributed by atoms with E-state index in [0.717, 1.165) is 18.9 Å². The topological polar surface area (TPSA) is 22.0 Å². The van der Waals surface area contributed by atoms with Crippen LogP contribution in [0, 0.1) is 5.92 Å². The quantitative estimate of drug-likeness (QED) is 0.185. The molecule has 1 aliphatic rings. The smallest absolute Gasteiger partial charge is 0.261 e. The summed E-state index contributed by atoms with van der Waals surface area (Å²) in [7, 11) is -3.67. The van der Waals surface area contributed by atoms with Gasteiger partial charge in [0.25, 0.3) is 8.32 Å². The second-order valence-corrected chi connectivity index (χ2v) is 23.4. The molecular weight excluding hydrogens is 509 g/mol. The standard InChI is InChI=1S/C35H48O2Si2/c1-35(2,3)39(33-18-12-8-13-19-33,34-20-14-9-15-21-34)36-25-24-32-27-30(28-38(4,5)6)26-31(37-32)23-22-29-16-10-7-11-17-29/h7-23,30-32H,24-28H2,1-6H3/p+1/b23-22+/t30?,31-,32?/m0/s1. The minimum atomic E-state index is -2.51. The average Bonchev–Trinajstić information content (AvgIpc) is 2.90. The fourth-order valence-electron chi connectivity index (χ4n) is 6.46. The molecule has 3 atom stereocenters. The van der Waals surface area contributed by atoms with Crippen molar-refractivity contribution in [3.63, 3.8) is 0 Å². The molecule has 3 aromatic carbocycles. The van der Waals surface area contributed by atoms with E-state index in [-0.39, 0.29) is 11.1 Å². The minimum Gasteiger partial charge on any atom is -0.426 e. The van der Waals surface area contributed by atoms with Crippen LogP contribution < -0.4 is 10.4 Å². The van der Waals surface area contributed by atoms with Gasteiger partial charge in [0.2, 0.25) is 0 Å². The van der Waals surface area contributed by atoms with Gasteiger partial charge in [0.05, 0.1) is 0 Å². The molecule has 4 heteroatoms. The molecule has 2 nitrogen and oxygen atoms in total. The van der Waals surface area contributed by atoms with Crippen LogP contribution in [0.3, 0.4) is 0 Å². The second-order valence-electron chi connectivity index (χ2n) is 13.5. The molecule has 1 N–H and O–H groups in total. The third kappa shape index (κ3) is 7.91. The molecule has 0 amide bonds. The van der Waals surface area contributed by atoms with Gasteiger partial charge in [-0.3, -0.25) is 0 Å². The van der Waals surface area contributed by atoms with E-state index >= 15 is 0 Å². The third-order valence-corrected chi connectivity index (χ3v) is 14.8. The van der Waals surface area contributed by atoms with Crippen molar-refractivity contribution in [3.8, 4) is 0 Å². The second kappa shape index (κ2) is 12.9. The van der Waals surface area contributed by atoms with Gasteiger partial charge in [-0.25, -0.2) is 0 Å². The van der Waals surface area contributed by atoms with Crippen molar-refractivity contribution in [2.24, 2.45) is 5.92 Å². The molecule has 0 aliphatic carbocycles. The summed E-state index contributed by atoms with van der Waals surface area (Å²) in [6.07, 6.45) is 8.62. The Morgan fingerprint density at radius 3 is 1.85 bits per heavy atom. The van der Waals surface area contributed by atoms with Crippen LogP contribution in [0.4, 0.5) is 0 Å². The SMILES string of the molecule is CC(C)(C)[Si](OCCC1CC(C[Si](C)(C)C)C[C@H](/C=C/c2ccccc2)[OH+]1)(c1ccccc1)c1ccccc1. The summed E-state index contributed by atoms with van der Waals surface area (Å²) in [6.45, 7) is 15.4. The van der Waals surface area contributed by atoms with Gasteiger partial charge in [0, 0.05) is 33.9 Å². The number of rotatable bonds is 10. The van der Waals surface area contributed by atoms with E-state index in [0.29, 0.717) is 6.10 Å². The molecule has 208 valence electrons. The first-order chi connectivity index (χ1) is 18.6. The van der Waals surface area contributed by atoms with E-state index in [1.807, 2.05) is 0 Å². The van der Waals surface area contributed by atoms with Gasteiger partial charge in [-0.15, -0.1) is 0 Å². The molecule has 1 saturated heterocycles. The molecule has 0 spiro atoms. The molecule has 0 bridgehead atoms. The summed E-state index contributed by atoms with van der Waals surface area (Å²) in [5.74, 6) is 0.748. The first kappa shape index (κ1) is 29.7. The fourth-order valence-corrected chi connectivity index (χ4v) is 13.1. The summed E-state index contributed by atoms with van der Waals surface area (Å²) < 4.78 is 12.6. The predicted octanol–water partition coefficient (Wildman–Crippen LogP) is 7.68. The van der Waals surface area contributed by atoms with Crippen LogP contribution in [0.25, 0.3) is 6.08 Å². The molecule has 0 saturated carbocycles. The number of hydrogen-bond acceptors (Lipinski definition) is 1. The molecule has 1 aliphatic heterocycles. The van der Waals surface area contributed by atoms with Crippen molar-refractivity contribution in [1.82, 2.24) is 0 Å². The van der Waals surface area contributed by atoms with Crippen molar-refractivity contribution in [2.75, 3.05) is 6.61 Å². The third-order valence-electron chi connectivity index (χ3n) is 7.98. The highest BCUT2D eigenvalue weighted by molar-refractivity contribution is 6.99. The Kier molecular flexibility index (Phi) is 9.87. The first-order valence-electron chi connectivity index (χ1n) is 14.7. The number of ether oxygens (including phenoxy) is 1. The number of benzene rings is 3. The summed E-state index contributed by atoms with van der Waals surface area (Å²) in [4.78, 5) is 0. The van der Waals surface area contributed by atoms with Gasteiger partial charge in [-0.05, 0) is 33.0 Å². The summed E-state index contributed by atoms with van der Waals surface area (Å²) in [6, 6.07) is 34.0. The average molecular weight is 558 g/mol. The molecule has 3 aromatic rings. The molecule has 1 heterocycles. The normalized spacial score (nSPS) is 20.8. The molecular formula is C35H49O2Si2+. The van der Waals surface area contributed by atoms with Crippen LogP contribution in [-0.2, 0) is 4.43 Å². The van der Waals surface area contributed by atoms with Gasteiger partial charge in [0.1, 0.15) is 0 Å². The summed E-state index contributed by atoms with van der Waals surface area (Å²) in [5, 5.41) is 2.70. The Bertz CT molecular complexity index is 1120. The highest BCUT2D eigenvalue weighted by Gasteiger charge is 2.50. The van der Waals surface area contributed by atoms with Crippen LogP contribution in [0.1, 0.15) is 45.6 Å². The van der Waals surface area contributed by atoms with E-state index in [9.17, 15) is 0 Å². The van der Waals surface area contributed by atoms with Crippen molar-refractivity contribution < 1.29 is 9.16 Å². The fraction of sp³-hybridized carbons (Fsp3) is 0.429. The Hall–Kier alpha value is -2.25. The zero-order valence-corrected chi connectivity index (χ0v) is 26.9. The lowest BCUT2D eigenvalue weighted by molar-refractivity contribution is -0.183. The van der Waals surface area contributed by atoms with Crippen molar-refractivity contribution in [1.29, 1.82) is 0 Å². The van der Waals surface area contributed by atoms with Gasteiger partial charge < -0.3 is 9.16 Å². The minimum absolute atomic E-state index is 0.000735. The molecule has 1 fully saturated rings. The highest BCUT2D eigenvalue weighted by Crippen LogP contribution is 2.37. The summed E-state index contributed by atoms with van der Waals surface area (Å²) in [5.41, 5.74) is 1.26. The van der Waals surface area contributed by atoms with Crippen LogP contribution in [0.5, 0.6) is 0 Å². The molecule has 39 heavy (non-hydrogen) atoms. The van der Waals surface area contributed by atoms with E-state index in [1.165, 1.54) is 34.8 Å².